The van der Waals surface area contributed by atoms with E-state index in [1.54, 1.807) is 0 Å². The summed E-state index contributed by atoms with van der Waals surface area (Å²) in [7, 11) is 0. The molecular formula is C16H14O3. The Morgan fingerprint density at radius 1 is 0.947 bits per heavy atom. The van der Waals surface area contributed by atoms with Crippen LogP contribution < -0.4 is 4.74 Å². The van der Waals surface area contributed by atoms with E-state index in [1.165, 1.54) is 0 Å². The SMILES string of the molecule is O=C(O)C1(c2ccc(Oc3ccccc3)cc2)CC1. The van der Waals surface area contributed by atoms with Crippen LogP contribution in [0.15, 0.2) is 54.6 Å². The van der Waals surface area contributed by atoms with E-state index >= 15 is 0 Å². The third kappa shape index (κ3) is 2.19. The number of hydrogen-bond donors (Lipinski definition) is 1. The Hall–Kier alpha value is -2.29. The first-order valence-electron chi connectivity index (χ1n) is 6.28. The molecule has 0 atom stereocenters. The number of aliphatic carboxylic acids is 1. The van der Waals surface area contributed by atoms with E-state index < -0.39 is 11.4 Å². The highest BCUT2D eigenvalue weighted by Crippen LogP contribution is 2.48. The summed E-state index contributed by atoms with van der Waals surface area (Å²) >= 11 is 0. The number of carbonyl (C=O) groups is 1. The van der Waals surface area contributed by atoms with E-state index in [1.807, 2.05) is 54.6 Å². The number of benzene rings is 2. The second kappa shape index (κ2) is 4.43. The predicted octanol–water partition coefficient (Wildman–Crippen LogP) is 3.60. The molecule has 0 spiro atoms. The van der Waals surface area contributed by atoms with Gasteiger partial charge in [0, 0.05) is 0 Å². The summed E-state index contributed by atoms with van der Waals surface area (Å²) < 4.78 is 5.68. The standard InChI is InChI=1S/C16H14O3/c17-15(18)16(10-11-16)12-6-8-14(9-7-12)19-13-4-2-1-3-5-13/h1-9H,10-11H2,(H,17,18). The smallest absolute Gasteiger partial charge is 0.314 e. The zero-order valence-corrected chi connectivity index (χ0v) is 10.4. The van der Waals surface area contributed by atoms with Crippen LogP contribution in [0.5, 0.6) is 11.5 Å². The minimum Gasteiger partial charge on any atom is -0.481 e. The highest BCUT2D eigenvalue weighted by atomic mass is 16.5. The number of carboxylic acids is 1. The molecule has 0 saturated heterocycles. The Labute approximate surface area is 111 Å². The Balaban J connectivity index is 1.78. The zero-order valence-electron chi connectivity index (χ0n) is 10.4. The molecule has 1 saturated carbocycles. The highest BCUT2D eigenvalue weighted by molar-refractivity contribution is 5.84. The molecule has 3 rings (SSSR count). The first kappa shape index (κ1) is 11.8. The van der Waals surface area contributed by atoms with Crippen LogP contribution in [-0.2, 0) is 10.2 Å². The molecule has 3 heteroatoms. The zero-order chi connectivity index (χ0) is 13.3. The van der Waals surface area contributed by atoms with Crippen molar-refractivity contribution < 1.29 is 14.6 Å². The van der Waals surface area contributed by atoms with Gasteiger partial charge in [0.25, 0.3) is 0 Å². The van der Waals surface area contributed by atoms with Crippen LogP contribution >= 0.6 is 0 Å². The molecule has 0 aromatic heterocycles. The summed E-state index contributed by atoms with van der Waals surface area (Å²) in [5.41, 5.74) is 0.214. The molecule has 19 heavy (non-hydrogen) atoms. The van der Waals surface area contributed by atoms with Crippen LogP contribution in [0, 0.1) is 0 Å². The molecule has 2 aromatic rings. The van der Waals surface area contributed by atoms with Crippen LogP contribution in [-0.4, -0.2) is 11.1 Å². The van der Waals surface area contributed by atoms with Gasteiger partial charge in [-0.05, 0) is 42.7 Å². The van der Waals surface area contributed by atoms with Crippen LogP contribution in [0.4, 0.5) is 0 Å². The summed E-state index contributed by atoms with van der Waals surface area (Å²) in [4.78, 5) is 11.2. The van der Waals surface area contributed by atoms with Gasteiger partial charge in [-0.3, -0.25) is 4.79 Å². The average molecular weight is 254 g/mol. The maximum atomic E-state index is 11.2. The molecular weight excluding hydrogens is 240 g/mol. The van der Waals surface area contributed by atoms with Crippen molar-refractivity contribution in [2.75, 3.05) is 0 Å². The van der Waals surface area contributed by atoms with Crippen LogP contribution in [0.2, 0.25) is 0 Å². The van der Waals surface area contributed by atoms with Gasteiger partial charge in [0.15, 0.2) is 0 Å². The molecule has 0 unspecified atom stereocenters. The van der Waals surface area contributed by atoms with Gasteiger partial charge in [0.05, 0.1) is 5.41 Å². The normalized spacial score (nSPS) is 15.8. The van der Waals surface area contributed by atoms with Crippen molar-refractivity contribution in [2.24, 2.45) is 0 Å². The minimum atomic E-state index is -0.732. The fourth-order valence-corrected chi connectivity index (χ4v) is 2.22. The van der Waals surface area contributed by atoms with Gasteiger partial charge in [-0.25, -0.2) is 0 Å². The molecule has 0 heterocycles. The van der Waals surface area contributed by atoms with Gasteiger partial charge < -0.3 is 9.84 Å². The molecule has 0 bridgehead atoms. The molecule has 3 nitrogen and oxygen atoms in total. The molecule has 0 amide bonds. The van der Waals surface area contributed by atoms with Crippen molar-refractivity contribution in [3.63, 3.8) is 0 Å². The van der Waals surface area contributed by atoms with Crippen molar-refractivity contribution in [2.45, 2.75) is 18.3 Å². The van der Waals surface area contributed by atoms with Crippen molar-refractivity contribution >= 4 is 5.97 Å². The van der Waals surface area contributed by atoms with Gasteiger partial charge in [-0.2, -0.15) is 0 Å². The molecule has 1 aliphatic rings. The lowest BCUT2D eigenvalue weighted by Crippen LogP contribution is -2.19. The molecule has 1 fully saturated rings. The second-order valence-corrected chi connectivity index (χ2v) is 4.83. The van der Waals surface area contributed by atoms with E-state index in [0.29, 0.717) is 0 Å². The van der Waals surface area contributed by atoms with Crippen molar-refractivity contribution in [3.8, 4) is 11.5 Å². The average Bonchev–Trinajstić information content (AvgIpc) is 3.22. The first-order chi connectivity index (χ1) is 9.21. The van der Waals surface area contributed by atoms with E-state index in [9.17, 15) is 9.90 Å². The van der Waals surface area contributed by atoms with E-state index in [4.69, 9.17) is 4.74 Å². The van der Waals surface area contributed by atoms with Crippen LogP contribution in [0.25, 0.3) is 0 Å². The Morgan fingerprint density at radius 3 is 2.05 bits per heavy atom. The maximum Gasteiger partial charge on any atom is 0.314 e. The fraction of sp³-hybridized carbons (Fsp3) is 0.188. The summed E-state index contributed by atoms with van der Waals surface area (Å²) in [5.74, 6) is 0.759. The van der Waals surface area contributed by atoms with Gasteiger partial charge in [-0.1, -0.05) is 30.3 Å². The van der Waals surface area contributed by atoms with Gasteiger partial charge in [-0.15, -0.1) is 0 Å². The lowest BCUT2D eigenvalue weighted by molar-refractivity contribution is -0.140. The minimum absolute atomic E-state index is 0.648. The molecule has 1 aliphatic carbocycles. The maximum absolute atomic E-state index is 11.2. The topological polar surface area (TPSA) is 46.5 Å². The second-order valence-electron chi connectivity index (χ2n) is 4.83. The Bertz CT molecular complexity index is 583. The van der Waals surface area contributed by atoms with Gasteiger partial charge in [0.1, 0.15) is 11.5 Å². The quantitative estimate of drug-likeness (QED) is 0.906. The molecule has 1 N–H and O–H groups in total. The van der Waals surface area contributed by atoms with Crippen molar-refractivity contribution in [1.82, 2.24) is 0 Å². The number of rotatable bonds is 4. The molecule has 2 aromatic carbocycles. The predicted molar refractivity (Wildman–Crippen MR) is 71.5 cm³/mol. The Kier molecular flexibility index (Phi) is 2.75. The van der Waals surface area contributed by atoms with E-state index in [0.717, 1.165) is 29.9 Å². The Morgan fingerprint density at radius 2 is 1.53 bits per heavy atom. The lowest BCUT2D eigenvalue weighted by atomic mass is 9.96. The van der Waals surface area contributed by atoms with Crippen LogP contribution in [0.3, 0.4) is 0 Å². The van der Waals surface area contributed by atoms with E-state index in [2.05, 4.69) is 0 Å². The highest BCUT2D eigenvalue weighted by Gasteiger charge is 2.51. The van der Waals surface area contributed by atoms with Gasteiger partial charge >= 0.3 is 5.97 Å². The summed E-state index contributed by atoms with van der Waals surface area (Å²) in [6.07, 6.45) is 1.45. The molecule has 0 aliphatic heterocycles. The largest absolute Gasteiger partial charge is 0.481 e. The number of carboxylic acid groups (broad SMARTS) is 1. The van der Waals surface area contributed by atoms with Gasteiger partial charge in [0.2, 0.25) is 0 Å². The van der Waals surface area contributed by atoms with Crippen molar-refractivity contribution in [3.05, 3.63) is 60.2 Å². The van der Waals surface area contributed by atoms with E-state index in [-0.39, 0.29) is 0 Å². The number of para-hydroxylation sites is 1. The molecule has 0 radical (unpaired) electrons. The summed E-state index contributed by atoms with van der Waals surface area (Å²) in [6.45, 7) is 0. The first-order valence-corrected chi connectivity index (χ1v) is 6.28. The van der Waals surface area contributed by atoms with Crippen molar-refractivity contribution in [1.29, 1.82) is 0 Å². The summed E-state index contributed by atoms with van der Waals surface area (Å²) in [6, 6.07) is 16.9. The molecule has 96 valence electrons. The fourth-order valence-electron chi connectivity index (χ4n) is 2.22. The summed E-state index contributed by atoms with van der Waals surface area (Å²) in [5, 5.41) is 9.23. The van der Waals surface area contributed by atoms with Crippen LogP contribution in [0.1, 0.15) is 18.4 Å². The lowest BCUT2D eigenvalue weighted by Gasteiger charge is -2.11. The third-order valence-corrected chi connectivity index (χ3v) is 3.55. The number of ether oxygens (including phenoxy) is 1. The monoisotopic (exact) mass is 254 g/mol. The number of hydrogen-bond acceptors (Lipinski definition) is 2. The third-order valence-electron chi connectivity index (χ3n) is 3.55.